The molecular formula is C21H23BrN2O5S. The Kier molecular flexibility index (Phi) is 6.64. The SMILES string of the molecule is CCOC(=O)C1(NC(=O)c2ccc(Br)cc2)CC[C@@H](c2ccccc2)N1S(C)(=O)=O. The number of hydrogen-bond acceptors (Lipinski definition) is 5. The lowest BCUT2D eigenvalue weighted by atomic mass is 10.0. The van der Waals surface area contributed by atoms with Crippen LogP contribution in [0.4, 0.5) is 0 Å². The predicted molar refractivity (Wildman–Crippen MR) is 116 cm³/mol. The van der Waals surface area contributed by atoms with Crippen molar-refractivity contribution in [3.63, 3.8) is 0 Å². The molecule has 0 aliphatic carbocycles. The van der Waals surface area contributed by atoms with Gasteiger partial charge in [-0.15, -0.1) is 0 Å². The number of ether oxygens (including phenoxy) is 1. The van der Waals surface area contributed by atoms with Crippen LogP contribution in [0.25, 0.3) is 0 Å². The van der Waals surface area contributed by atoms with Crippen LogP contribution >= 0.6 is 15.9 Å². The number of nitrogens with one attached hydrogen (secondary N) is 1. The van der Waals surface area contributed by atoms with Gasteiger partial charge in [-0.3, -0.25) is 4.79 Å². The van der Waals surface area contributed by atoms with Crippen molar-refractivity contribution in [2.24, 2.45) is 0 Å². The van der Waals surface area contributed by atoms with Gasteiger partial charge in [-0.25, -0.2) is 13.2 Å². The molecule has 2 aromatic rings. The van der Waals surface area contributed by atoms with E-state index in [4.69, 9.17) is 4.74 Å². The third-order valence-corrected chi connectivity index (χ3v) is 6.83. The molecule has 1 amide bonds. The fourth-order valence-corrected chi connectivity index (χ4v) is 5.53. The lowest BCUT2D eigenvalue weighted by Crippen LogP contribution is -2.64. The molecule has 2 aromatic carbocycles. The largest absolute Gasteiger partial charge is 0.463 e. The summed E-state index contributed by atoms with van der Waals surface area (Å²) in [5, 5.41) is 2.69. The molecule has 1 saturated heterocycles. The molecule has 3 rings (SSSR count). The molecule has 0 aromatic heterocycles. The highest BCUT2D eigenvalue weighted by molar-refractivity contribution is 9.10. The molecule has 9 heteroatoms. The molecule has 0 bridgehead atoms. The van der Waals surface area contributed by atoms with E-state index in [-0.39, 0.29) is 13.0 Å². The lowest BCUT2D eigenvalue weighted by molar-refractivity contribution is -0.155. The molecule has 30 heavy (non-hydrogen) atoms. The van der Waals surface area contributed by atoms with Crippen LogP contribution in [0.3, 0.4) is 0 Å². The molecule has 160 valence electrons. The first kappa shape index (κ1) is 22.5. The minimum atomic E-state index is -3.90. The van der Waals surface area contributed by atoms with Gasteiger partial charge in [0.15, 0.2) is 0 Å². The Hall–Kier alpha value is -2.23. The summed E-state index contributed by atoms with van der Waals surface area (Å²) in [5.41, 5.74) is -0.778. The fourth-order valence-electron chi connectivity index (χ4n) is 3.80. The van der Waals surface area contributed by atoms with Gasteiger partial charge in [0.05, 0.1) is 18.9 Å². The average Bonchev–Trinajstić information content (AvgIpc) is 3.10. The summed E-state index contributed by atoms with van der Waals surface area (Å²) in [5.74, 6) is -1.35. The second-order valence-electron chi connectivity index (χ2n) is 7.07. The third kappa shape index (κ3) is 4.43. The van der Waals surface area contributed by atoms with Crippen LogP contribution < -0.4 is 5.32 Å². The molecule has 1 aliphatic rings. The van der Waals surface area contributed by atoms with E-state index in [9.17, 15) is 18.0 Å². The Labute approximate surface area is 184 Å². The zero-order valence-corrected chi connectivity index (χ0v) is 19.1. The summed E-state index contributed by atoms with van der Waals surface area (Å²) in [6.45, 7) is 1.69. The van der Waals surface area contributed by atoms with E-state index in [2.05, 4.69) is 21.2 Å². The predicted octanol–water partition coefficient (Wildman–Crippen LogP) is 3.24. The van der Waals surface area contributed by atoms with Gasteiger partial charge < -0.3 is 10.1 Å². The van der Waals surface area contributed by atoms with E-state index >= 15 is 0 Å². The van der Waals surface area contributed by atoms with E-state index in [0.29, 0.717) is 12.0 Å². The highest BCUT2D eigenvalue weighted by Gasteiger charge is 2.58. The number of carbonyl (C=O) groups excluding carboxylic acids is 2. The summed E-state index contributed by atoms with van der Waals surface area (Å²) in [6.07, 6.45) is 1.49. The number of carbonyl (C=O) groups is 2. The second-order valence-corrected chi connectivity index (χ2v) is 9.84. The van der Waals surface area contributed by atoms with E-state index in [1.54, 1.807) is 55.5 Å². The normalized spacial score (nSPS) is 21.9. The van der Waals surface area contributed by atoms with Crippen LogP contribution in [0.15, 0.2) is 59.1 Å². The molecule has 2 atom stereocenters. The minimum Gasteiger partial charge on any atom is -0.463 e. The van der Waals surface area contributed by atoms with Crippen molar-refractivity contribution >= 4 is 37.8 Å². The summed E-state index contributed by atoms with van der Waals surface area (Å²) in [6, 6.07) is 15.0. The molecule has 0 radical (unpaired) electrons. The van der Waals surface area contributed by atoms with Crippen molar-refractivity contribution in [2.75, 3.05) is 12.9 Å². The maximum absolute atomic E-state index is 13.1. The van der Waals surface area contributed by atoms with Crippen LogP contribution in [-0.4, -0.2) is 43.1 Å². The van der Waals surface area contributed by atoms with Crippen molar-refractivity contribution in [3.05, 3.63) is 70.2 Å². The van der Waals surface area contributed by atoms with Crippen molar-refractivity contribution in [1.82, 2.24) is 9.62 Å². The fraction of sp³-hybridized carbons (Fsp3) is 0.333. The van der Waals surface area contributed by atoms with Gasteiger partial charge >= 0.3 is 5.97 Å². The minimum absolute atomic E-state index is 0.0579. The maximum Gasteiger partial charge on any atom is 0.348 e. The van der Waals surface area contributed by atoms with Gasteiger partial charge in [0.2, 0.25) is 15.7 Å². The number of esters is 1. The summed E-state index contributed by atoms with van der Waals surface area (Å²) in [7, 11) is -3.90. The van der Waals surface area contributed by atoms with Crippen LogP contribution in [0.5, 0.6) is 0 Å². The summed E-state index contributed by atoms with van der Waals surface area (Å²) in [4.78, 5) is 26.1. The Bertz CT molecular complexity index is 1030. The van der Waals surface area contributed by atoms with Gasteiger partial charge in [0.25, 0.3) is 5.91 Å². The Morgan fingerprint density at radius 1 is 1.17 bits per heavy atom. The molecule has 0 spiro atoms. The molecule has 1 aliphatic heterocycles. The zero-order valence-electron chi connectivity index (χ0n) is 16.7. The van der Waals surface area contributed by atoms with Gasteiger partial charge in [-0.2, -0.15) is 4.31 Å². The van der Waals surface area contributed by atoms with Gasteiger partial charge in [-0.05, 0) is 49.6 Å². The highest BCUT2D eigenvalue weighted by atomic mass is 79.9. The van der Waals surface area contributed by atoms with Crippen molar-refractivity contribution in [3.8, 4) is 0 Å². The number of halogens is 1. The van der Waals surface area contributed by atoms with Gasteiger partial charge in [-0.1, -0.05) is 46.3 Å². The van der Waals surface area contributed by atoms with E-state index in [1.165, 1.54) is 0 Å². The summed E-state index contributed by atoms with van der Waals surface area (Å²) >= 11 is 3.31. The monoisotopic (exact) mass is 494 g/mol. The first-order valence-electron chi connectivity index (χ1n) is 9.49. The van der Waals surface area contributed by atoms with Crippen LogP contribution in [0.1, 0.15) is 41.7 Å². The number of sulfonamides is 1. The topological polar surface area (TPSA) is 92.8 Å². The molecular weight excluding hydrogens is 472 g/mol. The van der Waals surface area contributed by atoms with E-state index in [0.717, 1.165) is 20.6 Å². The highest BCUT2D eigenvalue weighted by Crippen LogP contribution is 2.44. The van der Waals surface area contributed by atoms with Crippen molar-refractivity contribution in [1.29, 1.82) is 0 Å². The number of hydrogen-bond donors (Lipinski definition) is 1. The average molecular weight is 495 g/mol. The molecule has 1 fully saturated rings. The van der Waals surface area contributed by atoms with Crippen LogP contribution in [0.2, 0.25) is 0 Å². The smallest absolute Gasteiger partial charge is 0.348 e. The van der Waals surface area contributed by atoms with E-state index < -0.39 is 33.6 Å². The van der Waals surface area contributed by atoms with Gasteiger partial charge in [0.1, 0.15) is 0 Å². The third-order valence-electron chi connectivity index (χ3n) is 5.02. The quantitative estimate of drug-likeness (QED) is 0.622. The Morgan fingerprint density at radius 2 is 1.80 bits per heavy atom. The molecule has 1 heterocycles. The van der Waals surface area contributed by atoms with Gasteiger partial charge in [0, 0.05) is 10.0 Å². The second kappa shape index (κ2) is 8.87. The van der Waals surface area contributed by atoms with Crippen LogP contribution in [-0.2, 0) is 19.6 Å². The number of benzene rings is 2. The maximum atomic E-state index is 13.1. The first-order valence-corrected chi connectivity index (χ1v) is 12.1. The summed E-state index contributed by atoms with van der Waals surface area (Å²) < 4.78 is 32.8. The van der Waals surface area contributed by atoms with Crippen molar-refractivity contribution < 1.29 is 22.7 Å². The Balaban J connectivity index is 2.07. The molecule has 1 N–H and O–H groups in total. The van der Waals surface area contributed by atoms with Crippen molar-refractivity contribution in [2.45, 2.75) is 31.5 Å². The molecule has 7 nitrogen and oxygen atoms in total. The number of amides is 1. The molecule has 1 unspecified atom stereocenters. The number of nitrogens with zero attached hydrogens (tertiary/aromatic N) is 1. The van der Waals surface area contributed by atoms with Crippen LogP contribution in [0, 0.1) is 0 Å². The Morgan fingerprint density at radius 3 is 2.37 bits per heavy atom. The van der Waals surface area contributed by atoms with E-state index in [1.807, 2.05) is 6.07 Å². The number of rotatable bonds is 6. The first-order chi connectivity index (χ1) is 14.2. The lowest BCUT2D eigenvalue weighted by Gasteiger charge is -2.37. The molecule has 0 saturated carbocycles. The standard InChI is InChI=1S/C21H23BrN2O5S/c1-3-29-20(26)21(23-19(25)16-9-11-17(22)12-10-16)14-13-18(24(21)30(2,27)28)15-7-5-4-6-8-15/h4-12,18H,3,13-14H2,1-2H3,(H,23,25)/t18-,21?/m0/s1. The zero-order chi connectivity index (χ0) is 21.9.